The third kappa shape index (κ3) is 2.62. The number of nitriles is 1. The lowest BCUT2D eigenvalue weighted by molar-refractivity contribution is -0.386. The minimum Gasteiger partial charge on any atom is -0.488 e. The Balaban J connectivity index is 3.31. The van der Waals surface area contributed by atoms with Crippen LogP contribution >= 0.6 is 0 Å². The summed E-state index contributed by atoms with van der Waals surface area (Å²) < 4.78 is 14.7. The van der Waals surface area contributed by atoms with Crippen LogP contribution in [0, 0.1) is 21.4 Å². The fraction of sp³-hybridized carbons (Fsp3) is 0.300. The van der Waals surface area contributed by atoms with Crippen LogP contribution < -0.4 is 9.47 Å². The molecule has 0 spiro atoms. The van der Waals surface area contributed by atoms with E-state index in [1.807, 2.05) is 0 Å². The van der Waals surface area contributed by atoms with Crippen LogP contribution in [0.25, 0.3) is 0 Å². The first kappa shape index (κ1) is 12.7. The van der Waals surface area contributed by atoms with Gasteiger partial charge in [-0.1, -0.05) is 0 Å². The Morgan fingerprint density at radius 2 is 2.18 bits per heavy atom. The number of ether oxygens (including phenoxy) is 3. The number of nitro benzene ring substituents is 1. The Bertz CT molecular complexity index is 466. The highest BCUT2D eigenvalue weighted by Crippen LogP contribution is 2.39. The van der Waals surface area contributed by atoms with E-state index in [1.165, 1.54) is 26.4 Å². The lowest BCUT2D eigenvalue weighted by Crippen LogP contribution is -2.03. The molecule has 0 N–H and O–H groups in total. The first-order valence-corrected chi connectivity index (χ1v) is 4.53. The third-order valence-electron chi connectivity index (χ3n) is 1.93. The molecule has 0 aliphatic heterocycles. The van der Waals surface area contributed by atoms with Crippen molar-refractivity contribution in [2.75, 3.05) is 21.0 Å². The molecule has 7 heteroatoms. The van der Waals surface area contributed by atoms with Crippen molar-refractivity contribution in [1.82, 2.24) is 0 Å². The van der Waals surface area contributed by atoms with Crippen molar-refractivity contribution in [2.24, 2.45) is 0 Å². The number of nitrogens with zero attached hydrogens (tertiary/aromatic N) is 2. The number of hydrogen-bond acceptors (Lipinski definition) is 6. The van der Waals surface area contributed by atoms with Crippen LogP contribution in [0.2, 0.25) is 0 Å². The molecule has 1 aromatic rings. The lowest BCUT2D eigenvalue weighted by atomic mass is 10.1. The molecular weight excluding hydrogens is 228 g/mol. The van der Waals surface area contributed by atoms with Gasteiger partial charge in [-0.2, -0.15) is 5.26 Å². The van der Waals surface area contributed by atoms with Crippen LogP contribution in [0.1, 0.15) is 5.56 Å². The normalized spacial score (nSPS) is 9.47. The lowest BCUT2D eigenvalue weighted by Gasteiger charge is -2.10. The van der Waals surface area contributed by atoms with Gasteiger partial charge in [-0.15, -0.1) is 0 Å². The molecule has 90 valence electrons. The monoisotopic (exact) mass is 238 g/mol. The van der Waals surface area contributed by atoms with E-state index in [1.54, 1.807) is 6.07 Å². The summed E-state index contributed by atoms with van der Waals surface area (Å²) in [6, 6.07) is 4.44. The quantitative estimate of drug-likeness (QED) is 0.437. The van der Waals surface area contributed by atoms with Crippen molar-refractivity contribution in [3.8, 4) is 17.6 Å². The van der Waals surface area contributed by atoms with E-state index in [-0.39, 0.29) is 23.9 Å². The van der Waals surface area contributed by atoms with Crippen LogP contribution in [0.15, 0.2) is 12.1 Å². The molecule has 0 unspecified atom stereocenters. The van der Waals surface area contributed by atoms with Crippen molar-refractivity contribution in [3.05, 3.63) is 27.8 Å². The van der Waals surface area contributed by atoms with E-state index in [0.29, 0.717) is 0 Å². The summed E-state index contributed by atoms with van der Waals surface area (Å²) >= 11 is 0. The average Bonchev–Trinajstić information content (AvgIpc) is 2.34. The highest BCUT2D eigenvalue weighted by atomic mass is 16.7. The highest BCUT2D eigenvalue weighted by Gasteiger charge is 2.25. The smallest absolute Gasteiger partial charge is 0.332 e. The minimum atomic E-state index is -0.683. The van der Waals surface area contributed by atoms with Gasteiger partial charge in [-0.25, -0.2) is 0 Å². The molecule has 7 nitrogen and oxygen atoms in total. The van der Waals surface area contributed by atoms with E-state index in [2.05, 4.69) is 4.74 Å². The third-order valence-corrected chi connectivity index (χ3v) is 1.93. The molecule has 0 radical (unpaired) electrons. The van der Waals surface area contributed by atoms with Crippen molar-refractivity contribution >= 4 is 5.69 Å². The van der Waals surface area contributed by atoms with Gasteiger partial charge in [0.15, 0.2) is 12.5 Å². The molecule has 0 bridgehead atoms. The Hall–Kier alpha value is -2.33. The van der Waals surface area contributed by atoms with Crippen LogP contribution in [0.5, 0.6) is 11.5 Å². The predicted molar refractivity (Wildman–Crippen MR) is 56.9 cm³/mol. The second-order valence-corrected chi connectivity index (χ2v) is 2.91. The van der Waals surface area contributed by atoms with Crippen LogP contribution in [-0.4, -0.2) is 25.9 Å². The summed E-state index contributed by atoms with van der Waals surface area (Å²) in [4.78, 5) is 10.2. The van der Waals surface area contributed by atoms with Gasteiger partial charge in [-0.05, 0) is 12.1 Å². The fourth-order valence-electron chi connectivity index (χ4n) is 1.26. The number of methoxy groups -OCH3 is 2. The predicted octanol–water partition coefficient (Wildman–Crippen LogP) is 1.46. The van der Waals surface area contributed by atoms with Crippen molar-refractivity contribution in [2.45, 2.75) is 0 Å². The average molecular weight is 238 g/mol. The zero-order chi connectivity index (χ0) is 12.8. The van der Waals surface area contributed by atoms with Gasteiger partial charge in [0.25, 0.3) is 0 Å². The number of benzene rings is 1. The molecule has 0 saturated carbocycles. The van der Waals surface area contributed by atoms with Crippen LogP contribution in [0.3, 0.4) is 0 Å². The number of rotatable bonds is 5. The zero-order valence-electron chi connectivity index (χ0n) is 9.30. The number of hydrogen-bond donors (Lipinski definition) is 0. The molecule has 1 aromatic carbocycles. The highest BCUT2D eigenvalue weighted by molar-refractivity contribution is 5.64. The fourth-order valence-corrected chi connectivity index (χ4v) is 1.26. The molecule has 0 saturated heterocycles. The SMILES string of the molecule is COCOc1ccc(C#N)c([N+](=O)[O-])c1OC. The molecule has 0 fully saturated rings. The van der Waals surface area contributed by atoms with E-state index in [0.717, 1.165) is 0 Å². The Morgan fingerprint density at radius 3 is 2.65 bits per heavy atom. The molecule has 0 aliphatic carbocycles. The Morgan fingerprint density at radius 1 is 1.47 bits per heavy atom. The standard InChI is InChI=1S/C10H10N2O5/c1-15-6-17-8-4-3-7(5-11)9(12(13)14)10(8)16-2/h3-4H,6H2,1-2H3. The van der Waals surface area contributed by atoms with Crippen LogP contribution in [-0.2, 0) is 4.74 Å². The van der Waals surface area contributed by atoms with Gasteiger partial charge in [0.1, 0.15) is 11.6 Å². The van der Waals surface area contributed by atoms with Gasteiger partial charge >= 0.3 is 5.69 Å². The summed E-state index contributed by atoms with van der Waals surface area (Å²) in [6.07, 6.45) is 0. The summed E-state index contributed by atoms with van der Waals surface area (Å²) in [6.45, 7) is -0.0700. The molecule has 0 aromatic heterocycles. The van der Waals surface area contributed by atoms with Crippen molar-refractivity contribution in [3.63, 3.8) is 0 Å². The molecule has 0 heterocycles. The second kappa shape index (κ2) is 5.67. The molecule has 0 atom stereocenters. The van der Waals surface area contributed by atoms with Gasteiger partial charge < -0.3 is 14.2 Å². The maximum atomic E-state index is 10.9. The Kier molecular flexibility index (Phi) is 4.25. The minimum absolute atomic E-state index is 0.0700. The number of nitro groups is 1. The van der Waals surface area contributed by atoms with Crippen LogP contribution in [0.4, 0.5) is 5.69 Å². The van der Waals surface area contributed by atoms with Gasteiger partial charge in [0, 0.05) is 7.11 Å². The first-order chi connectivity index (χ1) is 8.15. The molecule has 1 rings (SSSR count). The molecule has 17 heavy (non-hydrogen) atoms. The summed E-state index contributed by atoms with van der Waals surface area (Å²) in [7, 11) is 2.69. The maximum Gasteiger partial charge on any atom is 0.332 e. The van der Waals surface area contributed by atoms with Gasteiger partial charge in [0.2, 0.25) is 5.75 Å². The van der Waals surface area contributed by atoms with E-state index in [4.69, 9.17) is 14.7 Å². The zero-order valence-corrected chi connectivity index (χ0v) is 9.30. The first-order valence-electron chi connectivity index (χ1n) is 4.53. The molecule has 0 aliphatic rings. The van der Waals surface area contributed by atoms with Gasteiger partial charge in [-0.3, -0.25) is 10.1 Å². The Labute approximate surface area is 97.3 Å². The maximum absolute atomic E-state index is 10.9. The van der Waals surface area contributed by atoms with E-state index < -0.39 is 10.6 Å². The molecular formula is C10H10N2O5. The molecule has 0 amide bonds. The topological polar surface area (TPSA) is 94.6 Å². The van der Waals surface area contributed by atoms with Crippen molar-refractivity contribution in [1.29, 1.82) is 5.26 Å². The van der Waals surface area contributed by atoms with E-state index >= 15 is 0 Å². The summed E-state index contributed by atoms with van der Waals surface area (Å²) in [5, 5.41) is 19.7. The van der Waals surface area contributed by atoms with Gasteiger partial charge in [0.05, 0.1) is 12.0 Å². The summed E-state index contributed by atoms with van der Waals surface area (Å²) in [5.41, 5.74) is -0.500. The second-order valence-electron chi connectivity index (χ2n) is 2.91. The van der Waals surface area contributed by atoms with Crippen molar-refractivity contribution < 1.29 is 19.1 Å². The summed E-state index contributed by atoms with van der Waals surface area (Å²) in [5.74, 6) is 0.0613. The van der Waals surface area contributed by atoms with E-state index in [9.17, 15) is 10.1 Å². The largest absolute Gasteiger partial charge is 0.488 e.